The monoisotopic (exact) mass is 614 g/mol. The second-order valence-electron chi connectivity index (χ2n) is 12.7. The summed E-state index contributed by atoms with van der Waals surface area (Å²) in [4.78, 5) is 69.6. The molecule has 2 N–H and O–H groups in total. The van der Waals surface area contributed by atoms with Crippen molar-refractivity contribution in [3.05, 3.63) is 65.7 Å². The summed E-state index contributed by atoms with van der Waals surface area (Å²) in [5, 5.41) is 19.4. The van der Waals surface area contributed by atoms with Gasteiger partial charge in [0.1, 0.15) is 0 Å². The maximum atomic E-state index is 14.4. The highest BCUT2D eigenvalue weighted by molar-refractivity contribution is 6.24. The summed E-state index contributed by atoms with van der Waals surface area (Å²) >= 11 is 0. The molecule has 2 heterocycles. The fourth-order valence-corrected chi connectivity index (χ4v) is 8.21. The number of phenolic OH excluding ortho intramolecular Hbond substituents is 1. The van der Waals surface area contributed by atoms with Crippen LogP contribution in [0.5, 0.6) is 11.5 Å². The summed E-state index contributed by atoms with van der Waals surface area (Å²) < 4.78 is 5.70. The van der Waals surface area contributed by atoms with Gasteiger partial charge in [0.25, 0.3) is 0 Å². The zero-order chi connectivity index (χ0) is 32.0. The second kappa shape index (κ2) is 11.8. The SMILES string of the molecule is CCOc1cc([C@H]2C3=CC[C@@H]4C(=O)N(CCCCCC(=O)O)C(=O)[C@@H]4[C@@H]3C[C@H]3C(=O)N(c4ccccc4)C(=O)[C@@]23C)ccc1O. The number of aromatic hydroxyl groups is 1. The van der Waals surface area contributed by atoms with Crippen molar-refractivity contribution in [3.63, 3.8) is 0 Å². The van der Waals surface area contributed by atoms with E-state index in [9.17, 15) is 29.1 Å². The lowest BCUT2D eigenvalue weighted by atomic mass is 9.51. The molecular formula is C35H38N2O8. The number of rotatable bonds is 10. The highest BCUT2D eigenvalue weighted by atomic mass is 16.5. The number of imide groups is 2. The maximum absolute atomic E-state index is 14.4. The molecule has 10 heteroatoms. The average molecular weight is 615 g/mol. The molecule has 10 nitrogen and oxygen atoms in total. The van der Waals surface area contributed by atoms with Crippen LogP contribution in [0, 0.1) is 29.1 Å². The number of carboxylic acids is 1. The largest absolute Gasteiger partial charge is 0.504 e. The Morgan fingerprint density at radius 3 is 2.44 bits per heavy atom. The lowest BCUT2D eigenvalue weighted by Crippen LogP contribution is -2.48. The fraction of sp³-hybridized carbons (Fsp3) is 0.457. The molecule has 0 bridgehead atoms. The van der Waals surface area contributed by atoms with Crippen molar-refractivity contribution in [2.75, 3.05) is 18.1 Å². The number of anilines is 1. The van der Waals surface area contributed by atoms with Gasteiger partial charge in [-0.3, -0.25) is 28.9 Å². The van der Waals surface area contributed by atoms with E-state index < -0.39 is 41.0 Å². The van der Waals surface area contributed by atoms with Crippen molar-refractivity contribution in [3.8, 4) is 11.5 Å². The minimum atomic E-state index is -1.18. The molecule has 236 valence electrons. The molecule has 2 aliphatic heterocycles. The Balaban J connectivity index is 1.39. The molecule has 0 aromatic heterocycles. The first-order chi connectivity index (χ1) is 21.6. The Morgan fingerprint density at radius 2 is 1.73 bits per heavy atom. The fourth-order valence-electron chi connectivity index (χ4n) is 8.21. The van der Waals surface area contributed by atoms with Gasteiger partial charge in [-0.15, -0.1) is 0 Å². The van der Waals surface area contributed by atoms with Crippen LogP contribution in [-0.4, -0.2) is 57.9 Å². The lowest BCUT2D eigenvalue weighted by Gasteiger charge is -2.49. The summed E-state index contributed by atoms with van der Waals surface area (Å²) in [7, 11) is 0. The van der Waals surface area contributed by atoms with Crippen LogP contribution in [-0.2, 0) is 24.0 Å². The van der Waals surface area contributed by atoms with Gasteiger partial charge in [0.15, 0.2) is 11.5 Å². The number of allylic oxidation sites excluding steroid dienone is 2. The number of amides is 4. The zero-order valence-corrected chi connectivity index (χ0v) is 25.5. The standard InChI is InChI=1S/C35H38N2O8/c1-3-45-27-18-20(13-16-26(27)38)30-22-14-15-23-29(33(43)36(31(23)41)17-9-5-8-12-28(39)40)24(22)19-25-32(42)37(34(44)35(25,30)2)21-10-6-4-7-11-21/h4,6-7,10-11,13-14,16,18,23-25,29-30,38H,3,5,8-9,12,15,17,19H2,1-2H3,(H,39,40)/t23-,24+,25-,29-,30-,35+/m0/s1. The number of unbranched alkanes of at least 4 members (excludes halogenated alkanes) is 2. The molecule has 4 amide bonds. The van der Waals surface area contributed by atoms with Gasteiger partial charge in [0.2, 0.25) is 23.6 Å². The molecule has 0 radical (unpaired) electrons. The van der Waals surface area contributed by atoms with Crippen LogP contribution in [0.25, 0.3) is 0 Å². The van der Waals surface area contributed by atoms with Crippen LogP contribution < -0.4 is 9.64 Å². The molecule has 1 saturated carbocycles. The molecule has 0 unspecified atom stereocenters. The van der Waals surface area contributed by atoms with Gasteiger partial charge in [-0.25, -0.2) is 4.90 Å². The van der Waals surface area contributed by atoms with Crippen LogP contribution in [0.15, 0.2) is 60.2 Å². The normalized spacial score (nSPS) is 28.9. The number of carbonyl (C=O) groups excluding carboxylic acids is 4. The first kappa shape index (κ1) is 30.6. The Kier molecular flexibility index (Phi) is 8.01. The van der Waals surface area contributed by atoms with E-state index >= 15 is 0 Å². The Bertz CT molecular complexity index is 1590. The molecule has 4 aliphatic rings. The maximum Gasteiger partial charge on any atom is 0.303 e. The van der Waals surface area contributed by atoms with Gasteiger partial charge in [-0.2, -0.15) is 0 Å². The number of phenols is 1. The van der Waals surface area contributed by atoms with E-state index in [-0.39, 0.29) is 54.5 Å². The van der Waals surface area contributed by atoms with Crippen molar-refractivity contribution >= 4 is 35.3 Å². The summed E-state index contributed by atoms with van der Waals surface area (Å²) in [5.74, 6) is -4.76. The number of para-hydroxylation sites is 1. The molecule has 0 spiro atoms. The molecule has 2 aromatic rings. The van der Waals surface area contributed by atoms with Gasteiger partial charge in [0, 0.05) is 18.9 Å². The molecule has 2 aliphatic carbocycles. The molecule has 3 fully saturated rings. The number of likely N-dealkylation sites (tertiary alicyclic amines) is 1. The Morgan fingerprint density at radius 1 is 0.978 bits per heavy atom. The number of fused-ring (bicyclic) bond motifs is 4. The lowest BCUT2D eigenvalue weighted by molar-refractivity contribution is -0.141. The van der Waals surface area contributed by atoms with Crippen LogP contribution in [0.1, 0.15) is 63.9 Å². The summed E-state index contributed by atoms with van der Waals surface area (Å²) in [6.45, 7) is 4.18. The van der Waals surface area contributed by atoms with Crippen LogP contribution in [0.3, 0.4) is 0 Å². The predicted molar refractivity (Wildman–Crippen MR) is 163 cm³/mol. The number of ether oxygens (including phenoxy) is 1. The quantitative estimate of drug-likeness (QED) is 0.224. The third-order valence-corrected chi connectivity index (χ3v) is 10.3. The van der Waals surface area contributed by atoms with Gasteiger partial charge < -0.3 is 14.9 Å². The topological polar surface area (TPSA) is 142 Å². The number of aliphatic carboxylic acids is 1. The van der Waals surface area contributed by atoms with Gasteiger partial charge in [-0.1, -0.05) is 42.3 Å². The summed E-state index contributed by atoms with van der Waals surface area (Å²) in [6.07, 6.45) is 4.21. The molecular weight excluding hydrogens is 576 g/mol. The van der Waals surface area contributed by atoms with E-state index in [1.165, 1.54) is 15.9 Å². The Hall–Kier alpha value is -4.47. The van der Waals surface area contributed by atoms with E-state index in [0.29, 0.717) is 43.5 Å². The predicted octanol–water partition coefficient (Wildman–Crippen LogP) is 4.67. The summed E-state index contributed by atoms with van der Waals surface area (Å²) in [6, 6.07) is 13.8. The number of nitrogens with zero attached hydrogens (tertiary/aromatic N) is 2. The van der Waals surface area contributed by atoms with E-state index in [4.69, 9.17) is 9.84 Å². The van der Waals surface area contributed by atoms with E-state index in [1.807, 2.05) is 19.1 Å². The van der Waals surface area contributed by atoms with Crippen molar-refractivity contribution < 1.29 is 38.9 Å². The second-order valence-corrected chi connectivity index (χ2v) is 12.7. The zero-order valence-electron chi connectivity index (χ0n) is 25.5. The van der Waals surface area contributed by atoms with Gasteiger partial charge in [0.05, 0.1) is 35.5 Å². The molecule has 6 atom stereocenters. The van der Waals surface area contributed by atoms with Crippen molar-refractivity contribution in [1.82, 2.24) is 4.90 Å². The van der Waals surface area contributed by atoms with E-state index in [0.717, 1.165) is 5.57 Å². The smallest absolute Gasteiger partial charge is 0.303 e. The van der Waals surface area contributed by atoms with Gasteiger partial charge >= 0.3 is 5.97 Å². The minimum Gasteiger partial charge on any atom is -0.504 e. The average Bonchev–Trinajstić information content (AvgIpc) is 3.38. The van der Waals surface area contributed by atoms with E-state index in [1.54, 1.807) is 43.3 Å². The highest BCUT2D eigenvalue weighted by Crippen LogP contribution is 2.63. The van der Waals surface area contributed by atoms with Crippen LogP contribution >= 0.6 is 0 Å². The third-order valence-electron chi connectivity index (χ3n) is 10.3. The summed E-state index contributed by atoms with van der Waals surface area (Å²) in [5.41, 5.74) is 0.862. The first-order valence-electron chi connectivity index (χ1n) is 15.8. The van der Waals surface area contributed by atoms with E-state index in [2.05, 4.69) is 0 Å². The third kappa shape index (κ3) is 4.91. The highest BCUT2D eigenvalue weighted by Gasteiger charge is 2.67. The van der Waals surface area contributed by atoms with Crippen LogP contribution in [0.2, 0.25) is 0 Å². The molecule has 6 rings (SSSR count). The number of hydrogen-bond acceptors (Lipinski definition) is 7. The number of carbonyl (C=O) groups is 5. The molecule has 2 saturated heterocycles. The molecule has 45 heavy (non-hydrogen) atoms. The number of hydrogen-bond donors (Lipinski definition) is 2. The Labute approximate surface area is 261 Å². The van der Waals surface area contributed by atoms with Crippen molar-refractivity contribution in [2.24, 2.45) is 29.1 Å². The minimum absolute atomic E-state index is 0.0392. The number of carboxylic acid groups (broad SMARTS) is 1. The number of benzene rings is 2. The van der Waals surface area contributed by atoms with Gasteiger partial charge in [-0.05, 0) is 75.3 Å². The first-order valence-corrected chi connectivity index (χ1v) is 15.8. The van der Waals surface area contributed by atoms with Crippen molar-refractivity contribution in [2.45, 2.75) is 58.3 Å². The van der Waals surface area contributed by atoms with Crippen molar-refractivity contribution in [1.29, 1.82) is 0 Å². The molecule has 2 aromatic carbocycles. The van der Waals surface area contributed by atoms with Crippen LogP contribution in [0.4, 0.5) is 5.69 Å².